The fourth-order valence-electron chi connectivity index (χ4n) is 2.23. The minimum Gasteiger partial charge on any atom is -0.484 e. The van der Waals surface area contributed by atoms with E-state index >= 15 is 0 Å². The standard InChI is InChI=1S/C18H16N2O7/c19-16(21)8-24-13-4-1-11(2-5-13)18(23)25-9-17(22)20-12-3-6-14-15(7-12)27-10-26-14/h1-7H,8-10H2,(H2,19,21)(H,20,22). The molecule has 0 aliphatic carbocycles. The number of amides is 2. The van der Waals surface area contributed by atoms with E-state index < -0.39 is 24.4 Å². The van der Waals surface area contributed by atoms with Crippen molar-refractivity contribution in [3.63, 3.8) is 0 Å². The van der Waals surface area contributed by atoms with E-state index in [0.717, 1.165) is 0 Å². The minimum atomic E-state index is -0.669. The molecule has 27 heavy (non-hydrogen) atoms. The Bertz CT molecular complexity index is 865. The number of fused-ring (bicyclic) bond motifs is 1. The van der Waals surface area contributed by atoms with Crippen LogP contribution in [0.2, 0.25) is 0 Å². The van der Waals surface area contributed by atoms with E-state index in [1.165, 1.54) is 24.3 Å². The maximum absolute atomic E-state index is 12.0. The van der Waals surface area contributed by atoms with Crippen LogP contribution in [0.5, 0.6) is 17.2 Å². The highest BCUT2D eigenvalue weighted by Crippen LogP contribution is 2.34. The van der Waals surface area contributed by atoms with Crippen molar-refractivity contribution in [3.8, 4) is 17.2 Å². The molecule has 2 aromatic carbocycles. The lowest BCUT2D eigenvalue weighted by Crippen LogP contribution is -2.21. The van der Waals surface area contributed by atoms with Gasteiger partial charge in [0, 0.05) is 11.8 Å². The Morgan fingerprint density at radius 3 is 2.48 bits per heavy atom. The van der Waals surface area contributed by atoms with Crippen molar-refractivity contribution in [1.82, 2.24) is 0 Å². The summed E-state index contributed by atoms with van der Waals surface area (Å²) in [5.41, 5.74) is 5.71. The molecular formula is C18H16N2O7. The Kier molecular flexibility index (Phi) is 5.41. The van der Waals surface area contributed by atoms with E-state index in [1.54, 1.807) is 18.2 Å². The van der Waals surface area contributed by atoms with Gasteiger partial charge in [-0.25, -0.2) is 4.79 Å². The molecule has 0 saturated carbocycles. The molecule has 1 heterocycles. The molecule has 0 atom stereocenters. The van der Waals surface area contributed by atoms with Crippen molar-refractivity contribution in [3.05, 3.63) is 48.0 Å². The molecule has 3 N–H and O–H groups in total. The first-order chi connectivity index (χ1) is 13.0. The molecule has 0 spiro atoms. The Morgan fingerprint density at radius 2 is 1.74 bits per heavy atom. The van der Waals surface area contributed by atoms with Crippen molar-refractivity contribution in [2.75, 3.05) is 25.3 Å². The summed E-state index contributed by atoms with van der Waals surface area (Å²) in [7, 11) is 0. The first-order valence-corrected chi connectivity index (χ1v) is 7.89. The van der Waals surface area contributed by atoms with Crippen LogP contribution < -0.4 is 25.3 Å². The molecule has 0 fully saturated rings. The Labute approximate surface area is 154 Å². The van der Waals surface area contributed by atoms with E-state index in [4.69, 9.17) is 24.7 Å². The average Bonchev–Trinajstić information content (AvgIpc) is 3.12. The van der Waals surface area contributed by atoms with Gasteiger partial charge in [-0.15, -0.1) is 0 Å². The number of carbonyl (C=O) groups excluding carboxylic acids is 3. The van der Waals surface area contributed by atoms with E-state index in [1.807, 2.05) is 0 Å². The highest BCUT2D eigenvalue weighted by molar-refractivity contribution is 5.95. The summed E-state index contributed by atoms with van der Waals surface area (Å²) in [4.78, 5) is 34.6. The Balaban J connectivity index is 1.48. The summed E-state index contributed by atoms with van der Waals surface area (Å²) in [6.45, 7) is -0.576. The van der Waals surface area contributed by atoms with Crippen LogP contribution >= 0.6 is 0 Å². The first-order valence-electron chi connectivity index (χ1n) is 7.89. The number of ether oxygens (including phenoxy) is 4. The lowest BCUT2D eigenvalue weighted by atomic mass is 10.2. The monoisotopic (exact) mass is 372 g/mol. The van der Waals surface area contributed by atoms with Gasteiger partial charge < -0.3 is 30.0 Å². The Morgan fingerprint density at radius 1 is 1.00 bits per heavy atom. The third kappa shape index (κ3) is 4.88. The molecule has 1 aliphatic heterocycles. The van der Waals surface area contributed by atoms with Crippen LogP contribution in [0.3, 0.4) is 0 Å². The van der Waals surface area contributed by atoms with Gasteiger partial charge in [0.15, 0.2) is 24.7 Å². The number of anilines is 1. The maximum atomic E-state index is 12.0. The van der Waals surface area contributed by atoms with Crippen LogP contribution in [0.4, 0.5) is 5.69 Å². The summed E-state index contributed by atoms with van der Waals surface area (Å²) in [5.74, 6) is -0.259. The third-order valence-corrected chi connectivity index (χ3v) is 3.46. The largest absolute Gasteiger partial charge is 0.484 e. The van der Waals surface area contributed by atoms with Gasteiger partial charge >= 0.3 is 5.97 Å². The van der Waals surface area contributed by atoms with Crippen LogP contribution in [0.15, 0.2) is 42.5 Å². The number of primary amides is 1. The lowest BCUT2D eigenvalue weighted by molar-refractivity contribution is -0.120. The van der Waals surface area contributed by atoms with Gasteiger partial charge in [0.2, 0.25) is 6.79 Å². The average molecular weight is 372 g/mol. The van der Waals surface area contributed by atoms with E-state index in [9.17, 15) is 14.4 Å². The smallest absolute Gasteiger partial charge is 0.338 e. The number of rotatable bonds is 7. The second kappa shape index (κ2) is 8.09. The number of nitrogens with two attached hydrogens (primary N) is 1. The first kappa shape index (κ1) is 18.1. The molecule has 0 bridgehead atoms. The second-order valence-corrected chi connectivity index (χ2v) is 5.47. The normalized spacial score (nSPS) is 11.6. The van der Waals surface area contributed by atoms with Gasteiger partial charge in [0.05, 0.1) is 5.56 Å². The molecule has 9 nitrogen and oxygen atoms in total. The summed E-state index contributed by atoms with van der Waals surface area (Å²) >= 11 is 0. The van der Waals surface area contributed by atoms with Gasteiger partial charge in [-0.3, -0.25) is 9.59 Å². The zero-order chi connectivity index (χ0) is 19.2. The quantitative estimate of drug-likeness (QED) is 0.696. The van der Waals surface area contributed by atoms with E-state index in [-0.39, 0.29) is 19.0 Å². The van der Waals surface area contributed by atoms with Crippen molar-refractivity contribution >= 4 is 23.5 Å². The van der Waals surface area contributed by atoms with Crippen LogP contribution in [0, 0.1) is 0 Å². The predicted molar refractivity (Wildman–Crippen MR) is 92.6 cm³/mol. The topological polar surface area (TPSA) is 126 Å². The number of esters is 1. The zero-order valence-electron chi connectivity index (χ0n) is 14.1. The van der Waals surface area contributed by atoms with Crippen LogP contribution in [-0.2, 0) is 14.3 Å². The predicted octanol–water partition coefficient (Wildman–Crippen LogP) is 1.07. The van der Waals surface area contributed by atoms with Crippen molar-refractivity contribution in [2.45, 2.75) is 0 Å². The number of hydrogen-bond donors (Lipinski definition) is 2. The molecule has 0 unspecified atom stereocenters. The number of hydrogen-bond acceptors (Lipinski definition) is 7. The van der Waals surface area contributed by atoms with Gasteiger partial charge in [-0.1, -0.05) is 0 Å². The number of nitrogens with one attached hydrogen (secondary N) is 1. The van der Waals surface area contributed by atoms with Crippen molar-refractivity contribution in [1.29, 1.82) is 0 Å². The van der Waals surface area contributed by atoms with Crippen LogP contribution in [-0.4, -0.2) is 37.8 Å². The van der Waals surface area contributed by atoms with Crippen molar-refractivity contribution in [2.24, 2.45) is 5.73 Å². The molecular weight excluding hydrogens is 356 g/mol. The molecule has 140 valence electrons. The molecule has 3 rings (SSSR count). The maximum Gasteiger partial charge on any atom is 0.338 e. The van der Waals surface area contributed by atoms with Gasteiger partial charge in [-0.05, 0) is 36.4 Å². The summed E-state index contributed by atoms with van der Waals surface area (Å²) < 4.78 is 20.5. The molecule has 0 radical (unpaired) electrons. The van der Waals surface area contributed by atoms with Crippen LogP contribution in [0.1, 0.15) is 10.4 Å². The fourth-order valence-corrected chi connectivity index (χ4v) is 2.23. The minimum absolute atomic E-state index is 0.136. The summed E-state index contributed by atoms with van der Waals surface area (Å²) in [6.07, 6.45) is 0. The van der Waals surface area contributed by atoms with E-state index in [2.05, 4.69) is 5.32 Å². The Hall–Kier alpha value is -3.75. The third-order valence-electron chi connectivity index (χ3n) is 3.46. The SMILES string of the molecule is NC(=O)COc1ccc(C(=O)OCC(=O)Nc2ccc3c(c2)OCO3)cc1. The number of benzene rings is 2. The van der Waals surface area contributed by atoms with Crippen molar-refractivity contribution < 1.29 is 33.3 Å². The summed E-state index contributed by atoms with van der Waals surface area (Å²) in [5, 5.41) is 2.60. The highest BCUT2D eigenvalue weighted by atomic mass is 16.7. The zero-order valence-corrected chi connectivity index (χ0v) is 14.1. The lowest BCUT2D eigenvalue weighted by Gasteiger charge is -2.08. The molecule has 9 heteroatoms. The molecule has 1 aliphatic rings. The second-order valence-electron chi connectivity index (χ2n) is 5.47. The molecule has 2 aromatic rings. The molecule has 2 amide bonds. The van der Waals surface area contributed by atoms with Gasteiger partial charge in [-0.2, -0.15) is 0 Å². The van der Waals surface area contributed by atoms with Crippen LogP contribution in [0.25, 0.3) is 0 Å². The fraction of sp³-hybridized carbons (Fsp3) is 0.167. The molecule has 0 saturated heterocycles. The van der Waals surface area contributed by atoms with Gasteiger partial charge in [0.1, 0.15) is 5.75 Å². The summed E-state index contributed by atoms with van der Waals surface area (Å²) in [6, 6.07) is 10.8. The molecule has 0 aromatic heterocycles. The highest BCUT2D eigenvalue weighted by Gasteiger charge is 2.15. The number of carbonyl (C=O) groups is 3. The van der Waals surface area contributed by atoms with Gasteiger partial charge in [0.25, 0.3) is 11.8 Å². The van der Waals surface area contributed by atoms with E-state index in [0.29, 0.717) is 22.9 Å².